The van der Waals surface area contributed by atoms with Crippen LogP contribution in [0, 0.1) is 12.8 Å². The molecule has 1 saturated heterocycles. The van der Waals surface area contributed by atoms with E-state index in [1.54, 1.807) is 0 Å². The van der Waals surface area contributed by atoms with Crippen molar-refractivity contribution in [3.8, 4) is 11.5 Å². The number of hydrogen-bond donors (Lipinski definition) is 1. The first-order chi connectivity index (χ1) is 16.0. The minimum Gasteiger partial charge on any atom is -0.441 e. The van der Waals surface area contributed by atoms with Crippen molar-refractivity contribution in [1.82, 2.24) is 20.1 Å². The number of aromatic nitrogens is 1. The van der Waals surface area contributed by atoms with Crippen LogP contribution in [-0.4, -0.2) is 60.5 Å². The summed E-state index contributed by atoms with van der Waals surface area (Å²) in [5, 5.41) is 5.47. The van der Waals surface area contributed by atoms with Gasteiger partial charge < -0.3 is 14.6 Å². The number of carbonyl (C=O) groups excluding carboxylic acids is 1. The third-order valence-corrected chi connectivity index (χ3v) is 6.80. The molecule has 2 aromatic carbocycles. The van der Waals surface area contributed by atoms with Gasteiger partial charge in [-0.05, 0) is 76.3 Å². The van der Waals surface area contributed by atoms with Crippen LogP contribution in [0.15, 0.2) is 46.9 Å². The lowest BCUT2D eigenvalue weighted by Crippen LogP contribution is -2.40. The van der Waals surface area contributed by atoms with Gasteiger partial charge in [-0.1, -0.05) is 43.3 Å². The van der Waals surface area contributed by atoms with Crippen LogP contribution in [0.1, 0.15) is 37.6 Å². The smallest absolute Gasteiger partial charge is 0.227 e. The summed E-state index contributed by atoms with van der Waals surface area (Å²) in [5.74, 6) is 1.89. The van der Waals surface area contributed by atoms with E-state index in [-0.39, 0.29) is 11.8 Å². The second kappa shape index (κ2) is 10.9. The number of aryl methyl sites for hydroxylation is 1. The van der Waals surface area contributed by atoms with Crippen molar-refractivity contribution in [2.24, 2.45) is 5.92 Å². The highest BCUT2D eigenvalue weighted by Crippen LogP contribution is 2.30. The molecule has 6 heteroatoms. The average molecular weight is 449 g/mol. The van der Waals surface area contributed by atoms with Crippen LogP contribution < -0.4 is 5.32 Å². The Morgan fingerprint density at radius 2 is 1.94 bits per heavy atom. The van der Waals surface area contributed by atoms with Crippen molar-refractivity contribution in [2.75, 3.05) is 39.8 Å². The lowest BCUT2D eigenvalue weighted by Gasteiger charge is -2.30. The van der Waals surface area contributed by atoms with E-state index in [1.807, 2.05) is 19.1 Å². The molecule has 1 amide bonds. The Morgan fingerprint density at radius 3 is 2.73 bits per heavy atom. The quantitative estimate of drug-likeness (QED) is 0.489. The third-order valence-electron chi connectivity index (χ3n) is 6.80. The van der Waals surface area contributed by atoms with Crippen molar-refractivity contribution in [1.29, 1.82) is 0 Å². The number of hydrogen-bond acceptors (Lipinski definition) is 5. The number of oxazole rings is 1. The summed E-state index contributed by atoms with van der Waals surface area (Å²) < 4.78 is 6.08. The van der Waals surface area contributed by atoms with E-state index in [4.69, 9.17) is 9.40 Å². The van der Waals surface area contributed by atoms with Crippen molar-refractivity contribution < 1.29 is 9.21 Å². The SMILES string of the molecule is CCN(C)CCCNC(=O)C1CCN(Cc2nc(-c3cccc4ccccc34)oc2C)CC1. The first-order valence-electron chi connectivity index (χ1n) is 12.2. The molecule has 3 aromatic rings. The largest absolute Gasteiger partial charge is 0.441 e. The molecular formula is C27H36N4O2. The lowest BCUT2D eigenvalue weighted by atomic mass is 9.95. The predicted molar refractivity (Wildman–Crippen MR) is 133 cm³/mol. The molecule has 0 radical (unpaired) electrons. The minimum absolute atomic E-state index is 0.120. The molecule has 0 aliphatic carbocycles. The summed E-state index contributed by atoms with van der Waals surface area (Å²) in [6.07, 6.45) is 2.79. The second-order valence-corrected chi connectivity index (χ2v) is 9.14. The highest BCUT2D eigenvalue weighted by Gasteiger charge is 2.26. The molecule has 6 nitrogen and oxygen atoms in total. The zero-order valence-electron chi connectivity index (χ0n) is 20.1. The van der Waals surface area contributed by atoms with E-state index in [1.165, 1.54) is 5.39 Å². The Hall–Kier alpha value is -2.70. The van der Waals surface area contributed by atoms with E-state index in [2.05, 4.69) is 59.4 Å². The average Bonchev–Trinajstić information content (AvgIpc) is 3.21. The first-order valence-corrected chi connectivity index (χ1v) is 12.2. The Bertz CT molecular complexity index is 1060. The molecule has 0 atom stereocenters. The van der Waals surface area contributed by atoms with Gasteiger partial charge in [0.15, 0.2) is 0 Å². The molecule has 0 bridgehead atoms. The summed E-state index contributed by atoms with van der Waals surface area (Å²) >= 11 is 0. The van der Waals surface area contributed by atoms with Crippen LogP contribution in [-0.2, 0) is 11.3 Å². The molecule has 33 heavy (non-hydrogen) atoms. The molecule has 2 heterocycles. The van der Waals surface area contributed by atoms with E-state index >= 15 is 0 Å². The second-order valence-electron chi connectivity index (χ2n) is 9.14. The number of nitrogens with zero attached hydrogens (tertiary/aromatic N) is 3. The number of carbonyl (C=O) groups is 1. The third kappa shape index (κ3) is 5.81. The van der Waals surface area contributed by atoms with Crippen LogP contribution in [0.2, 0.25) is 0 Å². The van der Waals surface area contributed by atoms with E-state index in [9.17, 15) is 4.79 Å². The van der Waals surface area contributed by atoms with Gasteiger partial charge in [0.2, 0.25) is 11.8 Å². The van der Waals surface area contributed by atoms with Gasteiger partial charge >= 0.3 is 0 Å². The maximum Gasteiger partial charge on any atom is 0.227 e. The van der Waals surface area contributed by atoms with Crippen LogP contribution in [0.4, 0.5) is 0 Å². The lowest BCUT2D eigenvalue weighted by molar-refractivity contribution is -0.126. The van der Waals surface area contributed by atoms with Crippen molar-refractivity contribution in [3.05, 3.63) is 53.9 Å². The normalized spacial score (nSPS) is 15.4. The zero-order chi connectivity index (χ0) is 23.2. The molecule has 0 spiro atoms. The Labute approximate surface area is 197 Å². The topological polar surface area (TPSA) is 61.6 Å². The molecule has 0 unspecified atom stereocenters. The minimum atomic E-state index is 0.120. The van der Waals surface area contributed by atoms with Gasteiger partial charge in [0.05, 0.1) is 5.69 Å². The van der Waals surface area contributed by atoms with Gasteiger partial charge in [-0.15, -0.1) is 0 Å². The summed E-state index contributed by atoms with van der Waals surface area (Å²) in [6, 6.07) is 14.6. The molecule has 4 rings (SSSR count). The molecular weight excluding hydrogens is 412 g/mol. The van der Waals surface area contributed by atoms with Gasteiger partial charge in [-0.25, -0.2) is 4.98 Å². The number of nitrogens with one attached hydrogen (secondary N) is 1. The van der Waals surface area contributed by atoms with E-state index < -0.39 is 0 Å². The van der Waals surface area contributed by atoms with Gasteiger partial charge in [0.25, 0.3) is 0 Å². The van der Waals surface area contributed by atoms with Gasteiger partial charge in [0, 0.05) is 24.6 Å². The fourth-order valence-electron chi connectivity index (χ4n) is 4.53. The number of rotatable bonds is 9. The number of fused-ring (bicyclic) bond motifs is 1. The monoisotopic (exact) mass is 448 g/mol. The maximum absolute atomic E-state index is 12.5. The van der Waals surface area contributed by atoms with Gasteiger partial charge in [-0.2, -0.15) is 0 Å². The fourth-order valence-corrected chi connectivity index (χ4v) is 4.53. The van der Waals surface area contributed by atoms with Crippen LogP contribution in [0.3, 0.4) is 0 Å². The summed E-state index contributed by atoms with van der Waals surface area (Å²) in [5.41, 5.74) is 2.02. The van der Waals surface area contributed by atoms with E-state index in [0.717, 1.165) is 80.9 Å². The van der Waals surface area contributed by atoms with Crippen LogP contribution >= 0.6 is 0 Å². The Morgan fingerprint density at radius 1 is 1.18 bits per heavy atom. The summed E-state index contributed by atoms with van der Waals surface area (Å²) in [4.78, 5) is 22.0. The number of amides is 1. The first kappa shape index (κ1) is 23.5. The highest BCUT2D eigenvalue weighted by atomic mass is 16.4. The van der Waals surface area contributed by atoms with Gasteiger partial charge in [-0.3, -0.25) is 9.69 Å². The van der Waals surface area contributed by atoms with E-state index in [0.29, 0.717) is 5.89 Å². The molecule has 1 aliphatic rings. The fraction of sp³-hybridized carbons (Fsp3) is 0.481. The molecule has 1 aliphatic heterocycles. The molecule has 176 valence electrons. The number of likely N-dealkylation sites (tertiary alicyclic amines) is 1. The van der Waals surface area contributed by atoms with Crippen LogP contribution in [0.25, 0.3) is 22.2 Å². The maximum atomic E-state index is 12.5. The van der Waals surface area contributed by atoms with Crippen molar-refractivity contribution >= 4 is 16.7 Å². The Balaban J connectivity index is 1.30. The van der Waals surface area contributed by atoms with Crippen molar-refractivity contribution in [2.45, 2.75) is 39.7 Å². The van der Waals surface area contributed by atoms with Crippen molar-refractivity contribution in [3.63, 3.8) is 0 Å². The molecule has 1 fully saturated rings. The standard InChI is InChI=1S/C27H36N4O2/c1-4-30(3)16-8-15-28-26(32)22-13-17-31(18-14-22)19-25-20(2)33-27(29-25)24-12-7-10-21-9-5-6-11-23(21)24/h5-7,9-12,22H,4,8,13-19H2,1-3H3,(H,28,32). The number of piperidine rings is 1. The molecule has 1 aromatic heterocycles. The highest BCUT2D eigenvalue weighted by molar-refractivity contribution is 5.94. The Kier molecular flexibility index (Phi) is 7.78. The number of benzene rings is 2. The zero-order valence-corrected chi connectivity index (χ0v) is 20.1. The predicted octanol–water partition coefficient (Wildman–Crippen LogP) is 4.47. The molecule has 0 saturated carbocycles. The summed E-state index contributed by atoms with van der Waals surface area (Å²) in [6.45, 7) is 9.55. The van der Waals surface area contributed by atoms with Gasteiger partial charge in [0.1, 0.15) is 5.76 Å². The summed E-state index contributed by atoms with van der Waals surface area (Å²) in [7, 11) is 2.11. The molecule has 1 N–H and O–H groups in total. The van der Waals surface area contributed by atoms with Crippen LogP contribution in [0.5, 0.6) is 0 Å².